The molecule has 0 aromatic rings. The molecule has 0 aromatic heterocycles. The van der Waals surface area contributed by atoms with Crippen LogP contribution in [0, 0.1) is 0 Å². The number of rotatable bonds is 4. The van der Waals surface area contributed by atoms with Crippen LogP contribution in [0.3, 0.4) is 0 Å². The first-order valence-electron chi connectivity index (χ1n) is 3.43. The van der Waals surface area contributed by atoms with Crippen LogP contribution in [0.25, 0.3) is 0 Å². The average molecular weight is 236 g/mol. The molecule has 11 heavy (non-hydrogen) atoms. The molecule has 0 fully saturated rings. The van der Waals surface area contributed by atoms with Crippen molar-refractivity contribution in [2.24, 2.45) is 0 Å². The van der Waals surface area contributed by atoms with Gasteiger partial charge >= 0.3 is 0 Å². The van der Waals surface area contributed by atoms with Gasteiger partial charge in [0.25, 0.3) is 0 Å². The van der Waals surface area contributed by atoms with E-state index in [2.05, 4.69) is 40.7 Å². The lowest BCUT2D eigenvalue weighted by atomic mass is 11.9. The van der Waals surface area contributed by atoms with Gasteiger partial charge in [-0.1, -0.05) is 0 Å². The van der Waals surface area contributed by atoms with Crippen molar-refractivity contribution in [3.63, 3.8) is 0 Å². The van der Waals surface area contributed by atoms with E-state index >= 15 is 0 Å². The summed E-state index contributed by atoms with van der Waals surface area (Å²) >= 11 is 0.243. The summed E-state index contributed by atoms with van der Waals surface area (Å²) in [5, 5.41) is 0. The molecule has 0 rings (SSSR count). The molecule has 5 heteroatoms. The van der Waals surface area contributed by atoms with Gasteiger partial charge in [-0.05, 0) is 37.5 Å². The van der Waals surface area contributed by atoms with Gasteiger partial charge in [0.1, 0.15) is 0 Å². The Bertz CT molecular complexity index is 98.8. The van der Waals surface area contributed by atoms with Crippen LogP contribution in [0.4, 0.5) is 0 Å². The van der Waals surface area contributed by atoms with Crippen LogP contribution >= 0.6 is 43.1 Å². The van der Waals surface area contributed by atoms with Crippen molar-refractivity contribution < 1.29 is 0 Å². The van der Waals surface area contributed by atoms with E-state index in [1.165, 1.54) is 0 Å². The molecule has 1 nitrogen and oxygen atoms in total. The van der Waals surface area contributed by atoms with E-state index in [9.17, 15) is 0 Å². The van der Waals surface area contributed by atoms with E-state index in [1.54, 1.807) is 0 Å². The molecule has 0 bridgehead atoms. The summed E-state index contributed by atoms with van der Waals surface area (Å²) in [6, 6.07) is 0. The van der Waals surface area contributed by atoms with Crippen LogP contribution in [0.1, 0.15) is 0 Å². The predicted molar refractivity (Wildman–Crippen MR) is 71.9 cm³/mol. The second-order valence-corrected chi connectivity index (χ2v) is 12.1. The smallest absolute Gasteiger partial charge is 0.00847 e. The molecule has 0 aliphatic carbocycles. The van der Waals surface area contributed by atoms with E-state index in [-0.39, 0.29) is 32.3 Å². The number of hydrogen-bond acceptors (Lipinski definition) is 2. The van der Waals surface area contributed by atoms with Gasteiger partial charge in [-0.3, -0.25) is 0 Å². The summed E-state index contributed by atoms with van der Waals surface area (Å²) in [6.45, 7) is 0. The Morgan fingerprint density at radius 3 is 1.36 bits per heavy atom. The summed E-state index contributed by atoms with van der Waals surface area (Å²) in [5.74, 6) is 0. The maximum absolute atomic E-state index is 2.71. The van der Waals surface area contributed by atoms with Crippen LogP contribution < -0.4 is 0 Å². The predicted octanol–water partition coefficient (Wildman–Crippen LogP) is 2.46. The first-order valence-corrected chi connectivity index (χ1v) is 11.4. The van der Waals surface area contributed by atoms with Crippen LogP contribution in [0.5, 0.6) is 0 Å². The van der Waals surface area contributed by atoms with Crippen molar-refractivity contribution in [3.05, 3.63) is 0 Å². The highest BCUT2D eigenvalue weighted by atomic mass is 33.1. The van der Waals surface area contributed by atoms with Gasteiger partial charge in [0.15, 0.2) is 0 Å². The fourth-order valence-corrected chi connectivity index (χ4v) is 12.4. The molecule has 0 saturated carbocycles. The zero-order valence-electron chi connectivity index (χ0n) is 8.20. The minimum Gasteiger partial charge on any atom is -0.193 e. The first kappa shape index (κ1) is 12.4. The lowest BCUT2D eigenvalue weighted by Crippen LogP contribution is -2.08. The minimum absolute atomic E-state index is 0.0869. The molecular formula is C6H21NS4. The number of nitrogens with zero attached hydrogens (tertiary/aromatic N) is 1. The molecular weight excluding hydrogens is 214 g/mol. The summed E-state index contributed by atoms with van der Waals surface area (Å²) in [6.07, 6.45) is 14.0. The van der Waals surface area contributed by atoms with Gasteiger partial charge in [-0.15, -0.1) is 20.9 Å². The van der Waals surface area contributed by atoms with Crippen LogP contribution in [-0.4, -0.2) is 40.7 Å². The van der Waals surface area contributed by atoms with Gasteiger partial charge in [0.05, 0.1) is 0 Å². The van der Waals surface area contributed by atoms with Crippen molar-refractivity contribution in [1.29, 1.82) is 0 Å². The Hall–Kier alpha value is 1.36. The molecule has 0 N–H and O–H groups in total. The number of hydrogen-bond donors (Lipinski definition) is 3. The fourth-order valence-electron chi connectivity index (χ4n) is 0.935. The summed E-state index contributed by atoms with van der Waals surface area (Å²) < 4.78 is 2.71. The average Bonchev–Trinajstić information content (AvgIpc) is 1.85. The zero-order valence-corrected chi connectivity index (χ0v) is 11.7. The second-order valence-electron chi connectivity index (χ2n) is 2.61. The molecule has 0 spiro atoms. The summed E-state index contributed by atoms with van der Waals surface area (Å²) in [7, 11) is 2.10. The lowest BCUT2D eigenvalue weighted by molar-refractivity contribution is 1.26. The fraction of sp³-hybridized carbons (Fsp3) is 1.00. The zero-order chi connectivity index (χ0) is 9.02. The standard InChI is InChI=1S/C6H21NS4/c1-8-11(6)7(9(2)3)10(4)5/h9-11H,1-6H3. The minimum atomic E-state index is 0.0869. The molecule has 0 radical (unpaired) electrons. The lowest BCUT2D eigenvalue weighted by Gasteiger charge is -2.40. The Morgan fingerprint density at radius 2 is 1.27 bits per heavy atom. The second kappa shape index (κ2) is 5.91. The van der Waals surface area contributed by atoms with Crippen molar-refractivity contribution in [1.82, 2.24) is 3.12 Å². The van der Waals surface area contributed by atoms with Crippen molar-refractivity contribution in [3.8, 4) is 0 Å². The normalized spacial score (nSPS) is 18.3. The summed E-state index contributed by atoms with van der Waals surface area (Å²) in [4.78, 5) is 0. The van der Waals surface area contributed by atoms with E-state index in [0.29, 0.717) is 0 Å². The first-order chi connectivity index (χ1) is 5.00. The van der Waals surface area contributed by atoms with Crippen molar-refractivity contribution in [2.75, 3.05) is 37.5 Å². The molecule has 1 atom stereocenters. The quantitative estimate of drug-likeness (QED) is 0.507. The maximum Gasteiger partial charge on any atom is -0.00847 e. The Kier molecular flexibility index (Phi) is 6.64. The van der Waals surface area contributed by atoms with Crippen LogP contribution in [-0.2, 0) is 0 Å². The van der Waals surface area contributed by atoms with Gasteiger partial charge in [0.2, 0.25) is 0 Å². The third kappa shape index (κ3) is 4.22. The topological polar surface area (TPSA) is 3.24 Å². The molecule has 0 aliphatic rings. The Balaban J connectivity index is 4.09. The molecule has 74 valence electrons. The van der Waals surface area contributed by atoms with E-state index < -0.39 is 0 Å². The highest BCUT2D eigenvalue weighted by Crippen LogP contribution is 2.55. The molecule has 0 saturated heterocycles. The van der Waals surface area contributed by atoms with Crippen LogP contribution in [0.15, 0.2) is 0 Å². The highest BCUT2D eigenvalue weighted by molar-refractivity contribution is 8.86. The Labute approximate surface area is 83.5 Å². The molecule has 0 aromatic carbocycles. The van der Waals surface area contributed by atoms with Crippen molar-refractivity contribution in [2.45, 2.75) is 0 Å². The maximum atomic E-state index is 2.71. The third-order valence-electron chi connectivity index (χ3n) is 1.23. The monoisotopic (exact) mass is 235 g/mol. The third-order valence-corrected chi connectivity index (χ3v) is 12.4. The van der Waals surface area contributed by atoms with Gasteiger partial charge in [-0.25, -0.2) is 0 Å². The van der Waals surface area contributed by atoms with Crippen molar-refractivity contribution >= 4 is 43.1 Å². The van der Waals surface area contributed by atoms with Gasteiger partial charge in [0, 0.05) is 0 Å². The molecule has 0 amide bonds. The SMILES string of the molecule is CS[SH](C)N([SH](C)C)[SH](C)C. The molecule has 0 aliphatic heterocycles. The largest absolute Gasteiger partial charge is 0.193 e. The van der Waals surface area contributed by atoms with E-state index in [4.69, 9.17) is 0 Å². The van der Waals surface area contributed by atoms with E-state index in [1.807, 2.05) is 10.8 Å². The Morgan fingerprint density at radius 1 is 0.909 bits per heavy atom. The molecule has 0 heterocycles. The highest BCUT2D eigenvalue weighted by Gasteiger charge is 2.12. The van der Waals surface area contributed by atoms with E-state index in [0.717, 1.165) is 0 Å². The van der Waals surface area contributed by atoms with Crippen LogP contribution in [0.2, 0.25) is 0 Å². The van der Waals surface area contributed by atoms with Gasteiger partial charge < -0.3 is 0 Å². The molecule has 1 unspecified atom stereocenters. The summed E-state index contributed by atoms with van der Waals surface area (Å²) in [5.41, 5.74) is 0. The van der Waals surface area contributed by atoms with Gasteiger partial charge in [-0.2, -0.15) is 25.3 Å². The number of thiol groups is 3.